The number of fused-ring (bicyclic) bond motifs is 1. The van der Waals surface area contributed by atoms with Crippen LogP contribution in [0.4, 0.5) is 4.39 Å². The lowest BCUT2D eigenvalue weighted by Crippen LogP contribution is -2.49. The molecule has 0 saturated carbocycles. The molecule has 3 N–H and O–H groups in total. The van der Waals surface area contributed by atoms with Gasteiger partial charge in [0.1, 0.15) is 11.6 Å². The monoisotopic (exact) mass is 432 g/mol. The van der Waals surface area contributed by atoms with E-state index in [2.05, 4.69) is 5.73 Å². The van der Waals surface area contributed by atoms with Crippen LogP contribution in [0.25, 0.3) is 22.0 Å². The topological polar surface area (TPSA) is 79.2 Å². The van der Waals surface area contributed by atoms with E-state index in [9.17, 15) is 12.8 Å². The zero-order valence-corrected chi connectivity index (χ0v) is 18.5. The first kappa shape index (κ1) is 22.0. The number of ether oxygens (including phenoxy) is 1. The summed E-state index contributed by atoms with van der Waals surface area (Å²) in [4.78, 5) is 0.205. The number of methoxy groups -OCH3 is 1. The normalized spacial score (nSPS) is 12.7. The number of hydrogen-bond acceptors (Lipinski definition) is 3. The first-order chi connectivity index (χ1) is 14.2. The van der Waals surface area contributed by atoms with E-state index in [1.807, 2.05) is 35.8 Å². The number of allylic oxidation sites excluding steroid dienone is 1. The Morgan fingerprint density at radius 1 is 1.23 bits per heavy atom. The third-order valence-corrected chi connectivity index (χ3v) is 6.92. The van der Waals surface area contributed by atoms with Crippen molar-refractivity contribution < 1.29 is 23.3 Å². The number of benzene rings is 2. The van der Waals surface area contributed by atoms with Crippen LogP contribution in [-0.4, -0.2) is 45.0 Å². The molecule has 30 heavy (non-hydrogen) atoms. The van der Waals surface area contributed by atoms with Gasteiger partial charge in [0.2, 0.25) is 10.0 Å². The van der Waals surface area contributed by atoms with E-state index in [0.29, 0.717) is 12.3 Å². The van der Waals surface area contributed by atoms with Gasteiger partial charge in [-0.15, -0.1) is 0 Å². The predicted octanol–water partition coefficient (Wildman–Crippen LogP) is 2.97. The Balaban J connectivity index is 2.28. The Bertz CT molecular complexity index is 1210. The van der Waals surface area contributed by atoms with E-state index >= 15 is 0 Å². The van der Waals surface area contributed by atoms with Crippen molar-refractivity contribution in [2.24, 2.45) is 0 Å². The Morgan fingerprint density at radius 2 is 1.97 bits per heavy atom. The summed E-state index contributed by atoms with van der Waals surface area (Å²) in [5.74, 6) is 0.406. The molecule has 3 rings (SSSR count). The second-order valence-corrected chi connectivity index (χ2v) is 9.34. The number of quaternary nitrogens is 1. The molecule has 0 amide bonds. The van der Waals surface area contributed by atoms with Crippen molar-refractivity contribution in [2.45, 2.75) is 18.4 Å². The number of aromatic nitrogens is 1. The molecule has 0 aliphatic heterocycles. The minimum absolute atomic E-state index is 0.0832. The summed E-state index contributed by atoms with van der Waals surface area (Å²) in [7, 11) is 1.01. The largest absolute Gasteiger partial charge is 0.497 e. The molecule has 0 bridgehead atoms. The van der Waals surface area contributed by atoms with Crippen molar-refractivity contribution in [3.8, 4) is 16.9 Å². The van der Waals surface area contributed by atoms with Crippen molar-refractivity contribution in [3.63, 3.8) is 0 Å². The molecule has 2 aromatic carbocycles. The summed E-state index contributed by atoms with van der Waals surface area (Å²) < 4.78 is 48.1. The third-order valence-electron chi connectivity index (χ3n) is 5.11. The van der Waals surface area contributed by atoms with E-state index in [1.54, 1.807) is 25.3 Å². The lowest BCUT2D eigenvalue weighted by atomic mass is 10.0. The quantitative estimate of drug-likeness (QED) is 0.623. The van der Waals surface area contributed by atoms with Crippen molar-refractivity contribution in [2.75, 3.05) is 27.7 Å². The number of hydrogen-bond donors (Lipinski definition) is 1. The smallest absolute Gasteiger partial charge is 0.242 e. The third kappa shape index (κ3) is 3.98. The van der Waals surface area contributed by atoms with Crippen LogP contribution < -0.4 is 10.5 Å². The van der Waals surface area contributed by atoms with Gasteiger partial charge in [0.05, 0.1) is 25.1 Å². The molecule has 0 spiro atoms. The molecule has 6 nitrogen and oxygen atoms in total. The van der Waals surface area contributed by atoms with Gasteiger partial charge in [-0.2, -0.15) is 0 Å². The van der Waals surface area contributed by atoms with Crippen molar-refractivity contribution in [1.82, 2.24) is 8.87 Å². The summed E-state index contributed by atoms with van der Waals surface area (Å²) in [5.41, 5.74) is 6.95. The molecule has 0 radical (unpaired) electrons. The molecule has 160 valence electrons. The van der Waals surface area contributed by atoms with Gasteiger partial charge >= 0.3 is 0 Å². The van der Waals surface area contributed by atoms with Gasteiger partial charge in [-0.25, -0.2) is 17.1 Å². The number of sulfonamides is 1. The van der Waals surface area contributed by atoms with Crippen LogP contribution in [0, 0.1) is 6.92 Å². The van der Waals surface area contributed by atoms with Crippen LogP contribution in [-0.2, 0) is 16.6 Å². The lowest BCUT2D eigenvalue weighted by Gasteiger charge is -2.13. The van der Waals surface area contributed by atoms with Gasteiger partial charge in [-0.05, 0) is 42.8 Å². The Hall–Kier alpha value is -2.68. The van der Waals surface area contributed by atoms with Crippen LogP contribution in [0.3, 0.4) is 0 Å². The molecule has 1 heterocycles. The molecule has 0 aliphatic rings. The van der Waals surface area contributed by atoms with Crippen molar-refractivity contribution in [3.05, 3.63) is 60.1 Å². The first-order valence-corrected chi connectivity index (χ1v) is 11.0. The zero-order chi connectivity index (χ0) is 22.1. The fraction of sp³-hybridized carbons (Fsp3) is 0.273. The summed E-state index contributed by atoms with van der Waals surface area (Å²) in [6.07, 6.45) is 1.46. The van der Waals surface area contributed by atoms with Crippen molar-refractivity contribution in [1.29, 1.82) is 0 Å². The van der Waals surface area contributed by atoms with Gasteiger partial charge in [-0.1, -0.05) is 12.1 Å². The van der Waals surface area contributed by atoms with E-state index in [4.69, 9.17) is 4.74 Å². The molecule has 0 fully saturated rings. The summed E-state index contributed by atoms with van der Waals surface area (Å²) in [6, 6.07) is 12.4. The molecule has 0 saturated heterocycles. The van der Waals surface area contributed by atoms with E-state index in [0.717, 1.165) is 27.7 Å². The second-order valence-electron chi connectivity index (χ2n) is 7.18. The summed E-state index contributed by atoms with van der Waals surface area (Å²) in [6.45, 7) is 2.36. The van der Waals surface area contributed by atoms with Crippen LogP contribution in [0.5, 0.6) is 5.75 Å². The van der Waals surface area contributed by atoms with Gasteiger partial charge in [0.15, 0.2) is 0 Å². The molecule has 1 aromatic heterocycles. The molecule has 0 aliphatic carbocycles. The molecule has 0 unspecified atom stereocenters. The van der Waals surface area contributed by atoms with Gasteiger partial charge in [0, 0.05) is 42.3 Å². The number of halogens is 1. The Morgan fingerprint density at radius 3 is 2.60 bits per heavy atom. The molecular weight excluding hydrogens is 405 g/mol. The predicted molar refractivity (Wildman–Crippen MR) is 116 cm³/mol. The van der Waals surface area contributed by atoms with E-state index < -0.39 is 10.0 Å². The number of rotatable bonds is 7. The average Bonchev–Trinajstić information content (AvgIpc) is 2.98. The maximum atomic E-state index is 14.4. The molecule has 0 atom stereocenters. The van der Waals surface area contributed by atoms with Crippen LogP contribution in [0.2, 0.25) is 0 Å². The summed E-state index contributed by atoms with van der Waals surface area (Å²) in [5, 5.41) is 0.869. The fourth-order valence-corrected chi connectivity index (χ4v) is 4.50. The molecule has 8 heteroatoms. The van der Waals surface area contributed by atoms with Gasteiger partial charge < -0.3 is 15.0 Å². The summed E-state index contributed by atoms with van der Waals surface area (Å²) >= 11 is 0. The maximum Gasteiger partial charge on any atom is 0.242 e. The highest BCUT2D eigenvalue weighted by Gasteiger charge is 2.21. The maximum absolute atomic E-state index is 14.4. The van der Waals surface area contributed by atoms with Gasteiger partial charge in [-0.3, -0.25) is 0 Å². The average molecular weight is 433 g/mol. The van der Waals surface area contributed by atoms with Crippen LogP contribution in [0.1, 0.15) is 5.69 Å². The highest BCUT2D eigenvalue weighted by atomic mass is 32.2. The van der Waals surface area contributed by atoms with Crippen LogP contribution >= 0.6 is 0 Å². The highest BCUT2D eigenvalue weighted by Crippen LogP contribution is 2.38. The van der Waals surface area contributed by atoms with E-state index in [-0.39, 0.29) is 17.3 Å². The highest BCUT2D eigenvalue weighted by molar-refractivity contribution is 7.89. The molecule has 3 aromatic rings. The number of nitrogens with zero attached hydrogens (tertiary/aromatic N) is 2. The molecular formula is C22H27FN3O3S+. The Kier molecular flexibility index (Phi) is 6.30. The minimum atomic E-state index is -3.58. The van der Waals surface area contributed by atoms with E-state index in [1.165, 1.54) is 24.5 Å². The minimum Gasteiger partial charge on any atom is -0.497 e. The standard InChI is InChI=1S/C22H26FN3O3S/c1-15-22(16-6-5-7-19(12-16)30(27,28)25(2)3)20-13-18(29-4)8-9-21(20)26(15)14-17(23)10-11-24/h5-10,12-13H,11,14,24H2,1-4H3/p+1/b17-10-. The van der Waals surface area contributed by atoms with Gasteiger partial charge in [0.25, 0.3) is 0 Å². The zero-order valence-electron chi connectivity index (χ0n) is 17.6. The SMILES string of the molecule is COc1ccc2c(c1)c(-c1cccc(S(=O)(=O)N(C)C)c1)c(C)n2C/C(F)=C/C[NH3+]. The first-order valence-electron chi connectivity index (χ1n) is 9.54. The second kappa shape index (κ2) is 8.59. The van der Waals surface area contributed by atoms with Crippen LogP contribution in [0.15, 0.2) is 59.3 Å². The fourth-order valence-electron chi connectivity index (χ4n) is 3.55. The Labute approximate surface area is 176 Å². The lowest BCUT2D eigenvalue weighted by molar-refractivity contribution is -0.353. The van der Waals surface area contributed by atoms with Crippen molar-refractivity contribution >= 4 is 20.9 Å².